The molecule has 0 saturated carbocycles. The van der Waals surface area contributed by atoms with E-state index in [9.17, 15) is 9.90 Å². The molecule has 0 amide bonds. The van der Waals surface area contributed by atoms with Crippen molar-refractivity contribution in [3.63, 3.8) is 0 Å². The fraction of sp³-hybridized carbons (Fsp3) is 0.571. The molecular weight excluding hydrogens is 330 g/mol. The lowest BCUT2D eigenvalue weighted by atomic mass is 9.76. The van der Waals surface area contributed by atoms with Crippen LogP contribution in [-0.4, -0.2) is 48.3 Å². The number of nitrogens with zero attached hydrogens (tertiary/aromatic N) is 1. The summed E-state index contributed by atoms with van der Waals surface area (Å²) in [6, 6.07) is 0. The third-order valence-electron chi connectivity index (χ3n) is 5.97. The Morgan fingerprint density at radius 3 is 2.62 bits per heavy atom. The van der Waals surface area contributed by atoms with E-state index in [1.165, 1.54) is 12.5 Å². The monoisotopic (exact) mass is 357 g/mol. The zero-order valence-corrected chi connectivity index (χ0v) is 16.0. The Balaban J connectivity index is 1.90. The van der Waals surface area contributed by atoms with Crippen molar-refractivity contribution < 1.29 is 19.4 Å². The van der Waals surface area contributed by atoms with Gasteiger partial charge in [-0.05, 0) is 26.7 Å². The number of phenols is 1. The second-order valence-corrected chi connectivity index (χ2v) is 8.21. The van der Waals surface area contributed by atoms with Crippen LogP contribution in [0.4, 0.5) is 0 Å². The van der Waals surface area contributed by atoms with Crippen molar-refractivity contribution in [2.45, 2.75) is 52.2 Å². The summed E-state index contributed by atoms with van der Waals surface area (Å²) in [7, 11) is 0. The van der Waals surface area contributed by atoms with Crippen LogP contribution in [0.3, 0.4) is 0 Å². The van der Waals surface area contributed by atoms with Gasteiger partial charge in [-0.2, -0.15) is 0 Å². The smallest absolute Gasteiger partial charge is 0.163 e. The Kier molecular flexibility index (Phi) is 4.12. The number of Topliss-reactive ketones (excluding diaryl/α,β-unsaturated/α-hetero) is 1. The van der Waals surface area contributed by atoms with Gasteiger partial charge in [0, 0.05) is 35.2 Å². The van der Waals surface area contributed by atoms with Crippen molar-refractivity contribution in [2.24, 2.45) is 0 Å². The van der Waals surface area contributed by atoms with Gasteiger partial charge in [-0.3, -0.25) is 9.69 Å². The van der Waals surface area contributed by atoms with Crippen LogP contribution in [-0.2, 0) is 23.0 Å². The molecule has 1 aromatic rings. The number of carbonyl (C=O) groups is 1. The van der Waals surface area contributed by atoms with Crippen molar-refractivity contribution in [2.75, 3.05) is 26.3 Å². The maximum Gasteiger partial charge on any atom is 0.163 e. The summed E-state index contributed by atoms with van der Waals surface area (Å²) in [5.74, 6) is 0.860. The summed E-state index contributed by atoms with van der Waals surface area (Å²) in [4.78, 5) is 14.8. The van der Waals surface area contributed by atoms with Gasteiger partial charge in [-0.1, -0.05) is 25.5 Å². The van der Waals surface area contributed by atoms with Crippen molar-refractivity contribution in [1.29, 1.82) is 0 Å². The van der Waals surface area contributed by atoms with E-state index in [4.69, 9.17) is 9.47 Å². The molecular formula is C21H27NO4. The summed E-state index contributed by atoms with van der Waals surface area (Å²) in [6.45, 7) is 10.9. The quantitative estimate of drug-likeness (QED) is 0.651. The minimum absolute atomic E-state index is 0.105. The lowest BCUT2D eigenvalue weighted by Gasteiger charge is -2.38. The number of phenolic OH excluding ortho intramolecular Hbond substituents is 1. The van der Waals surface area contributed by atoms with Crippen LogP contribution in [0.25, 0.3) is 0 Å². The fourth-order valence-electron chi connectivity index (χ4n) is 4.66. The van der Waals surface area contributed by atoms with Crippen LogP contribution in [0.2, 0.25) is 0 Å². The number of ether oxygens (including phenoxy) is 2. The molecule has 1 unspecified atom stereocenters. The van der Waals surface area contributed by atoms with E-state index in [1.54, 1.807) is 0 Å². The van der Waals surface area contributed by atoms with E-state index in [0.29, 0.717) is 25.2 Å². The van der Waals surface area contributed by atoms with E-state index < -0.39 is 5.41 Å². The first-order valence-corrected chi connectivity index (χ1v) is 9.38. The zero-order chi connectivity index (χ0) is 18.6. The Morgan fingerprint density at radius 1 is 1.27 bits per heavy atom. The van der Waals surface area contributed by atoms with Crippen LogP contribution in [0.15, 0.2) is 11.6 Å². The van der Waals surface area contributed by atoms with Crippen molar-refractivity contribution in [3.05, 3.63) is 33.9 Å². The van der Waals surface area contributed by atoms with Crippen LogP contribution in [0, 0.1) is 0 Å². The maximum absolute atomic E-state index is 12.5. The molecule has 1 aliphatic carbocycles. The Labute approximate surface area is 154 Å². The largest absolute Gasteiger partial charge is 0.507 e. The first-order valence-electron chi connectivity index (χ1n) is 9.38. The average Bonchev–Trinajstić information content (AvgIpc) is 2.87. The molecule has 1 atom stereocenters. The average molecular weight is 357 g/mol. The number of benzene rings is 1. The van der Waals surface area contributed by atoms with Gasteiger partial charge in [0.1, 0.15) is 11.5 Å². The number of hydrogen-bond donors (Lipinski definition) is 1. The number of ketones is 1. The second kappa shape index (κ2) is 6.10. The van der Waals surface area contributed by atoms with Crippen molar-refractivity contribution in [1.82, 2.24) is 4.90 Å². The number of morpholine rings is 1. The molecule has 0 aromatic heterocycles. The highest BCUT2D eigenvalue weighted by molar-refractivity contribution is 6.00. The highest BCUT2D eigenvalue weighted by Crippen LogP contribution is 2.53. The summed E-state index contributed by atoms with van der Waals surface area (Å²) in [5, 5.41) is 10.9. The molecule has 0 radical (unpaired) electrons. The molecule has 1 fully saturated rings. The third-order valence-corrected chi connectivity index (χ3v) is 5.97. The van der Waals surface area contributed by atoms with E-state index in [0.717, 1.165) is 42.0 Å². The minimum atomic E-state index is -0.394. The molecule has 26 heavy (non-hydrogen) atoms. The van der Waals surface area contributed by atoms with E-state index in [1.807, 2.05) is 0 Å². The van der Waals surface area contributed by atoms with Gasteiger partial charge in [0.05, 0.1) is 18.8 Å². The summed E-state index contributed by atoms with van der Waals surface area (Å²) in [5.41, 5.74) is 4.07. The van der Waals surface area contributed by atoms with Gasteiger partial charge in [-0.15, -0.1) is 0 Å². The molecule has 140 valence electrons. The number of rotatable bonds is 2. The van der Waals surface area contributed by atoms with Gasteiger partial charge < -0.3 is 14.6 Å². The normalized spacial score (nSPS) is 24.5. The number of aromatic hydroxyl groups is 1. The number of allylic oxidation sites excluding steroid dienone is 2. The number of fused-ring (bicyclic) bond motifs is 3. The lowest BCUT2D eigenvalue weighted by molar-refractivity contribution is -0.0615. The predicted molar refractivity (Wildman–Crippen MR) is 99.1 cm³/mol. The Bertz CT molecular complexity index is 803. The van der Waals surface area contributed by atoms with Gasteiger partial charge in [0.2, 0.25) is 0 Å². The SMILES string of the molecule is CC(=O)c1c(O)c2c(c3c1C(C)(C)C(N1CCOCC1)O3)CC(C)=CC2. The van der Waals surface area contributed by atoms with E-state index in [-0.39, 0.29) is 17.8 Å². The molecule has 3 aliphatic rings. The highest BCUT2D eigenvalue weighted by Gasteiger charge is 2.49. The molecule has 1 aromatic carbocycles. The molecule has 2 heterocycles. The first-order chi connectivity index (χ1) is 12.3. The number of carbonyl (C=O) groups excluding carboxylic acids is 1. The van der Waals surface area contributed by atoms with Crippen molar-refractivity contribution >= 4 is 5.78 Å². The molecule has 0 bridgehead atoms. The van der Waals surface area contributed by atoms with Crippen LogP contribution < -0.4 is 4.74 Å². The Hall–Kier alpha value is -1.85. The molecule has 0 spiro atoms. The molecule has 4 rings (SSSR count). The first kappa shape index (κ1) is 17.6. The highest BCUT2D eigenvalue weighted by atomic mass is 16.5. The maximum atomic E-state index is 12.5. The Morgan fingerprint density at radius 2 is 1.96 bits per heavy atom. The predicted octanol–water partition coefficient (Wildman–Crippen LogP) is 2.97. The summed E-state index contributed by atoms with van der Waals surface area (Å²) < 4.78 is 12.0. The zero-order valence-electron chi connectivity index (χ0n) is 16.0. The second-order valence-electron chi connectivity index (χ2n) is 8.21. The number of hydrogen-bond acceptors (Lipinski definition) is 5. The van der Waals surface area contributed by atoms with Gasteiger partial charge in [-0.25, -0.2) is 0 Å². The van der Waals surface area contributed by atoms with Crippen LogP contribution >= 0.6 is 0 Å². The molecule has 5 nitrogen and oxygen atoms in total. The standard InChI is InChI=1S/C21H27NO4/c1-12-5-6-14-15(11-12)19-17(16(13(2)23)18(14)24)21(3,4)20(26-19)22-7-9-25-10-8-22/h5,20,24H,6-11H2,1-4H3. The van der Waals surface area contributed by atoms with E-state index in [2.05, 4.69) is 31.7 Å². The minimum Gasteiger partial charge on any atom is -0.507 e. The van der Waals surface area contributed by atoms with Gasteiger partial charge in [0.15, 0.2) is 12.0 Å². The van der Waals surface area contributed by atoms with Crippen molar-refractivity contribution in [3.8, 4) is 11.5 Å². The van der Waals surface area contributed by atoms with Crippen LogP contribution in [0.5, 0.6) is 11.5 Å². The summed E-state index contributed by atoms with van der Waals surface area (Å²) in [6.07, 6.45) is 3.37. The van der Waals surface area contributed by atoms with Gasteiger partial charge in [0.25, 0.3) is 0 Å². The fourth-order valence-corrected chi connectivity index (χ4v) is 4.66. The summed E-state index contributed by atoms with van der Waals surface area (Å²) >= 11 is 0. The van der Waals surface area contributed by atoms with E-state index >= 15 is 0 Å². The topological polar surface area (TPSA) is 59.0 Å². The molecule has 2 aliphatic heterocycles. The van der Waals surface area contributed by atoms with Gasteiger partial charge >= 0.3 is 0 Å². The third kappa shape index (κ3) is 2.48. The molecule has 1 N–H and O–H groups in total. The molecule has 1 saturated heterocycles. The van der Waals surface area contributed by atoms with Crippen LogP contribution in [0.1, 0.15) is 54.7 Å². The lowest BCUT2D eigenvalue weighted by Crippen LogP contribution is -2.52. The molecule has 5 heteroatoms.